The third kappa shape index (κ3) is 3.49. The zero-order valence-corrected chi connectivity index (χ0v) is 12.9. The van der Waals surface area contributed by atoms with E-state index in [9.17, 15) is 13.2 Å². The van der Waals surface area contributed by atoms with E-state index >= 15 is 0 Å². The molecule has 1 rings (SSSR count). The van der Waals surface area contributed by atoms with E-state index in [1.807, 2.05) is 0 Å². The number of carbonyl (C=O) groups excluding carboxylic acids is 1. The van der Waals surface area contributed by atoms with Crippen LogP contribution in [0.4, 0.5) is 0 Å². The van der Waals surface area contributed by atoms with Crippen molar-refractivity contribution < 1.29 is 22.7 Å². The highest BCUT2D eigenvalue weighted by atomic mass is 32.2. The summed E-state index contributed by atoms with van der Waals surface area (Å²) in [4.78, 5) is 11.4. The lowest BCUT2D eigenvalue weighted by molar-refractivity contribution is -0.140. The number of likely N-dealkylation sites (N-methyl/N-ethyl adjacent to an activating group) is 1. The number of methoxy groups -OCH3 is 2. The SMILES string of the molecule is CCN(CC(=O)OC)S(=O)(=O)c1cc(C)ccc1OC. The molecule has 0 spiro atoms. The maximum Gasteiger partial charge on any atom is 0.321 e. The van der Waals surface area contributed by atoms with Crippen molar-refractivity contribution in [1.82, 2.24) is 4.31 Å². The number of hydrogen-bond donors (Lipinski definition) is 0. The van der Waals surface area contributed by atoms with Crippen LogP contribution in [0.1, 0.15) is 12.5 Å². The Morgan fingerprint density at radius 2 is 1.95 bits per heavy atom. The summed E-state index contributed by atoms with van der Waals surface area (Å²) in [6, 6.07) is 4.87. The Labute approximate surface area is 119 Å². The topological polar surface area (TPSA) is 72.9 Å². The van der Waals surface area contributed by atoms with E-state index in [1.165, 1.54) is 20.3 Å². The Kier molecular flexibility index (Phi) is 5.52. The van der Waals surface area contributed by atoms with Gasteiger partial charge in [0, 0.05) is 6.54 Å². The fourth-order valence-electron chi connectivity index (χ4n) is 1.70. The molecule has 0 aliphatic rings. The van der Waals surface area contributed by atoms with E-state index in [0.29, 0.717) is 0 Å². The van der Waals surface area contributed by atoms with Crippen LogP contribution in [0.15, 0.2) is 23.1 Å². The molecule has 0 saturated carbocycles. The number of benzene rings is 1. The number of nitrogens with zero attached hydrogens (tertiary/aromatic N) is 1. The lowest BCUT2D eigenvalue weighted by atomic mass is 10.2. The second-order valence-corrected chi connectivity index (χ2v) is 6.07. The molecule has 20 heavy (non-hydrogen) atoms. The quantitative estimate of drug-likeness (QED) is 0.738. The molecule has 0 bridgehead atoms. The van der Waals surface area contributed by atoms with Crippen molar-refractivity contribution in [2.24, 2.45) is 0 Å². The molecule has 0 unspecified atom stereocenters. The molecule has 0 aliphatic carbocycles. The molecule has 1 aromatic carbocycles. The first-order valence-electron chi connectivity index (χ1n) is 6.08. The van der Waals surface area contributed by atoms with Gasteiger partial charge in [-0.05, 0) is 24.6 Å². The summed E-state index contributed by atoms with van der Waals surface area (Å²) in [6.07, 6.45) is 0. The van der Waals surface area contributed by atoms with Gasteiger partial charge in [-0.15, -0.1) is 0 Å². The van der Waals surface area contributed by atoms with Crippen molar-refractivity contribution in [1.29, 1.82) is 0 Å². The van der Waals surface area contributed by atoms with Crippen LogP contribution in [-0.4, -0.2) is 46.0 Å². The first kappa shape index (κ1) is 16.5. The molecule has 6 nitrogen and oxygen atoms in total. The molecule has 0 saturated heterocycles. The van der Waals surface area contributed by atoms with Crippen LogP contribution >= 0.6 is 0 Å². The minimum Gasteiger partial charge on any atom is -0.495 e. The van der Waals surface area contributed by atoms with Crippen LogP contribution in [0.2, 0.25) is 0 Å². The van der Waals surface area contributed by atoms with Crippen molar-refractivity contribution in [2.45, 2.75) is 18.7 Å². The molecule has 0 aromatic heterocycles. The van der Waals surface area contributed by atoms with Crippen molar-refractivity contribution >= 4 is 16.0 Å². The van der Waals surface area contributed by atoms with Crippen LogP contribution in [-0.2, 0) is 19.6 Å². The van der Waals surface area contributed by atoms with E-state index in [0.717, 1.165) is 9.87 Å². The zero-order valence-electron chi connectivity index (χ0n) is 12.0. The molecule has 0 fully saturated rings. The Bertz CT molecular complexity index is 582. The van der Waals surface area contributed by atoms with Crippen LogP contribution in [0, 0.1) is 6.92 Å². The first-order valence-corrected chi connectivity index (χ1v) is 7.52. The molecule has 0 radical (unpaired) electrons. The van der Waals surface area contributed by atoms with Gasteiger partial charge in [-0.25, -0.2) is 8.42 Å². The highest BCUT2D eigenvalue weighted by Gasteiger charge is 2.28. The lowest BCUT2D eigenvalue weighted by Crippen LogP contribution is -2.36. The molecule has 0 heterocycles. The van der Waals surface area contributed by atoms with Crippen molar-refractivity contribution in [3.63, 3.8) is 0 Å². The second kappa shape index (κ2) is 6.71. The van der Waals surface area contributed by atoms with E-state index in [2.05, 4.69) is 4.74 Å². The Morgan fingerprint density at radius 1 is 1.30 bits per heavy atom. The fourth-order valence-corrected chi connectivity index (χ4v) is 3.33. The fraction of sp³-hybridized carbons (Fsp3) is 0.462. The summed E-state index contributed by atoms with van der Waals surface area (Å²) in [6.45, 7) is 3.28. The molecule has 0 N–H and O–H groups in total. The number of carbonyl (C=O) groups is 1. The Hall–Kier alpha value is -1.60. The largest absolute Gasteiger partial charge is 0.495 e. The van der Waals surface area contributed by atoms with E-state index in [1.54, 1.807) is 26.0 Å². The highest BCUT2D eigenvalue weighted by molar-refractivity contribution is 7.89. The third-order valence-corrected chi connectivity index (χ3v) is 4.76. The minimum atomic E-state index is -3.81. The van der Waals surface area contributed by atoms with Crippen LogP contribution < -0.4 is 4.74 Å². The zero-order chi connectivity index (χ0) is 15.3. The van der Waals surface area contributed by atoms with Gasteiger partial charge < -0.3 is 9.47 Å². The molecule has 7 heteroatoms. The van der Waals surface area contributed by atoms with Crippen LogP contribution in [0.5, 0.6) is 5.75 Å². The van der Waals surface area contributed by atoms with Gasteiger partial charge in [0.15, 0.2) is 0 Å². The molecule has 0 amide bonds. The van der Waals surface area contributed by atoms with Gasteiger partial charge >= 0.3 is 5.97 Å². The van der Waals surface area contributed by atoms with Crippen molar-refractivity contribution in [3.05, 3.63) is 23.8 Å². The Morgan fingerprint density at radius 3 is 2.45 bits per heavy atom. The maximum absolute atomic E-state index is 12.6. The Balaban J connectivity index is 3.26. The smallest absolute Gasteiger partial charge is 0.321 e. The minimum absolute atomic E-state index is 0.0470. The van der Waals surface area contributed by atoms with Crippen LogP contribution in [0.25, 0.3) is 0 Å². The average Bonchev–Trinajstić information content (AvgIpc) is 2.44. The summed E-state index contributed by atoms with van der Waals surface area (Å²) in [5.41, 5.74) is 0.790. The van der Waals surface area contributed by atoms with Gasteiger partial charge in [-0.2, -0.15) is 4.31 Å². The van der Waals surface area contributed by atoms with Gasteiger partial charge in [-0.3, -0.25) is 4.79 Å². The predicted octanol–water partition coefficient (Wildman–Crippen LogP) is 1.19. The second-order valence-electron chi connectivity index (χ2n) is 4.16. The van der Waals surface area contributed by atoms with Gasteiger partial charge in [0.2, 0.25) is 10.0 Å². The molecular formula is C13H19NO5S. The van der Waals surface area contributed by atoms with Crippen LogP contribution in [0.3, 0.4) is 0 Å². The summed E-state index contributed by atoms with van der Waals surface area (Å²) < 4.78 is 35.8. The first-order chi connectivity index (χ1) is 9.36. The standard InChI is InChI=1S/C13H19NO5S/c1-5-14(9-13(15)19-4)20(16,17)12-8-10(2)6-7-11(12)18-3/h6-8H,5,9H2,1-4H3. The highest BCUT2D eigenvalue weighted by Crippen LogP contribution is 2.27. The number of rotatable bonds is 6. The van der Waals surface area contributed by atoms with Gasteiger partial charge in [0.1, 0.15) is 17.2 Å². The van der Waals surface area contributed by atoms with Gasteiger partial charge in [-0.1, -0.05) is 13.0 Å². The van der Waals surface area contributed by atoms with Crippen molar-refractivity contribution in [2.75, 3.05) is 27.3 Å². The van der Waals surface area contributed by atoms with E-state index < -0.39 is 16.0 Å². The number of esters is 1. The van der Waals surface area contributed by atoms with E-state index in [4.69, 9.17) is 4.74 Å². The number of sulfonamides is 1. The normalized spacial score (nSPS) is 11.4. The maximum atomic E-state index is 12.6. The molecule has 112 valence electrons. The molecule has 0 atom stereocenters. The third-order valence-electron chi connectivity index (χ3n) is 2.82. The molecular weight excluding hydrogens is 282 g/mol. The van der Waals surface area contributed by atoms with Gasteiger partial charge in [0.05, 0.1) is 14.2 Å². The number of aryl methyl sites for hydroxylation is 1. The molecule has 0 aliphatic heterocycles. The monoisotopic (exact) mass is 301 g/mol. The molecule has 1 aromatic rings. The predicted molar refractivity (Wildman–Crippen MR) is 74.2 cm³/mol. The lowest BCUT2D eigenvalue weighted by Gasteiger charge is -2.20. The summed E-state index contributed by atoms with van der Waals surface area (Å²) in [5.74, 6) is -0.360. The van der Waals surface area contributed by atoms with Gasteiger partial charge in [0.25, 0.3) is 0 Å². The average molecular weight is 301 g/mol. The number of hydrogen-bond acceptors (Lipinski definition) is 5. The summed E-state index contributed by atoms with van der Waals surface area (Å²) in [5, 5.41) is 0. The van der Waals surface area contributed by atoms with E-state index in [-0.39, 0.29) is 23.7 Å². The van der Waals surface area contributed by atoms with Crippen molar-refractivity contribution in [3.8, 4) is 5.75 Å². The summed E-state index contributed by atoms with van der Waals surface area (Å²) >= 11 is 0. The summed E-state index contributed by atoms with van der Waals surface area (Å²) in [7, 11) is -1.19. The number of ether oxygens (including phenoxy) is 2.